The van der Waals surface area contributed by atoms with E-state index in [-0.39, 0.29) is 24.4 Å². The summed E-state index contributed by atoms with van der Waals surface area (Å²) in [6.07, 6.45) is 1.05. The molecule has 0 fully saturated rings. The maximum atomic E-state index is 11.9. The summed E-state index contributed by atoms with van der Waals surface area (Å²) in [5.41, 5.74) is 1.02. The molecular formula is C13H13N3O5. The van der Waals surface area contributed by atoms with Gasteiger partial charge in [0.15, 0.2) is 0 Å². The molecule has 0 aliphatic carbocycles. The Bertz CT molecular complexity index is 609. The van der Waals surface area contributed by atoms with Gasteiger partial charge in [-0.15, -0.1) is 0 Å². The van der Waals surface area contributed by atoms with Crippen LogP contribution < -0.4 is 5.01 Å². The van der Waals surface area contributed by atoms with Crippen LogP contribution >= 0.6 is 0 Å². The number of rotatable bonds is 6. The number of nitrogens with zero attached hydrogens (tertiary/aromatic N) is 3. The highest BCUT2D eigenvalue weighted by Crippen LogP contribution is 2.24. The molecule has 0 radical (unpaired) electrons. The Labute approximate surface area is 119 Å². The Hall–Kier alpha value is -2.77. The summed E-state index contributed by atoms with van der Waals surface area (Å²) in [6, 6.07) is 5.53. The number of hydrogen-bond acceptors (Lipinski definition) is 5. The number of carboxylic acid groups (broad SMARTS) is 1. The molecule has 1 aromatic carbocycles. The highest BCUT2D eigenvalue weighted by molar-refractivity contribution is 6.13. The van der Waals surface area contributed by atoms with Gasteiger partial charge < -0.3 is 5.11 Å². The first-order valence-corrected chi connectivity index (χ1v) is 6.33. The number of carboxylic acids is 1. The van der Waals surface area contributed by atoms with Gasteiger partial charge in [-0.2, -0.15) is 5.10 Å². The summed E-state index contributed by atoms with van der Waals surface area (Å²) >= 11 is 0. The lowest BCUT2D eigenvalue weighted by Crippen LogP contribution is -2.19. The lowest BCUT2D eigenvalue weighted by Gasteiger charge is -2.10. The third-order valence-corrected chi connectivity index (χ3v) is 2.99. The molecule has 1 aromatic rings. The molecule has 2 rings (SSSR count). The molecule has 0 aromatic heterocycles. The van der Waals surface area contributed by atoms with Gasteiger partial charge in [0.1, 0.15) is 0 Å². The molecule has 8 nitrogen and oxygen atoms in total. The van der Waals surface area contributed by atoms with E-state index in [0.29, 0.717) is 24.2 Å². The molecule has 1 heterocycles. The molecule has 0 unspecified atom stereocenters. The third-order valence-electron chi connectivity index (χ3n) is 2.99. The first-order valence-electron chi connectivity index (χ1n) is 6.33. The molecule has 8 heteroatoms. The summed E-state index contributed by atoms with van der Waals surface area (Å²) in [5.74, 6) is -1.11. The molecule has 1 aliphatic heterocycles. The zero-order chi connectivity index (χ0) is 15.4. The minimum Gasteiger partial charge on any atom is -0.481 e. The summed E-state index contributed by atoms with van der Waals surface area (Å²) in [7, 11) is 0. The van der Waals surface area contributed by atoms with Crippen LogP contribution in [0.3, 0.4) is 0 Å². The van der Waals surface area contributed by atoms with Gasteiger partial charge in [0, 0.05) is 24.3 Å². The van der Waals surface area contributed by atoms with Crippen LogP contribution in [0, 0.1) is 10.1 Å². The first-order chi connectivity index (χ1) is 9.97. The molecular weight excluding hydrogens is 278 g/mol. The van der Waals surface area contributed by atoms with Gasteiger partial charge in [-0.25, -0.2) is 5.01 Å². The fourth-order valence-electron chi connectivity index (χ4n) is 1.98. The zero-order valence-electron chi connectivity index (χ0n) is 11.1. The van der Waals surface area contributed by atoms with Crippen molar-refractivity contribution >= 4 is 29.0 Å². The minimum absolute atomic E-state index is 0.0325. The van der Waals surface area contributed by atoms with E-state index >= 15 is 0 Å². The topological polar surface area (TPSA) is 113 Å². The van der Waals surface area contributed by atoms with Crippen molar-refractivity contribution in [3.63, 3.8) is 0 Å². The van der Waals surface area contributed by atoms with E-state index in [0.717, 1.165) is 0 Å². The average molecular weight is 291 g/mol. The van der Waals surface area contributed by atoms with Crippen LogP contribution in [0.4, 0.5) is 11.4 Å². The van der Waals surface area contributed by atoms with E-state index in [9.17, 15) is 19.7 Å². The van der Waals surface area contributed by atoms with E-state index in [2.05, 4.69) is 5.10 Å². The molecule has 0 saturated heterocycles. The quantitative estimate of drug-likeness (QED) is 0.635. The number of nitro groups is 1. The molecule has 1 aliphatic rings. The van der Waals surface area contributed by atoms with Crippen molar-refractivity contribution in [2.75, 3.05) is 5.01 Å². The van der Waals surface area contributed by atoms with E-state index in [1.54, 1.807) is 0 Å². The Kier molecular flexibility index (Phi) is 4.27. The van der Waals surface area contributed by atoms with Crippen LogP contribution in [0.15, 0.2) is 29.4 Å². The normalized spacial score (nSPS) is 14.2. The van der Waals surface area contributed by atoms with Crippen molar-refractivity contribution in [2.24, 2.45) is 5.10 Å². The maximum absolute atomic E-state index is 11.9. The fourth-order valence-corrected chi connectivity index (χ4v) is 1.98. The van der Waals surface area contributed by atoms with Gasteiger partial charge in [-0.05, 0) is 25.0 Å². The molecule has 110 valence electrons. The molecule has 21 heavy (non-hydrogen) atoms. The van der Waals surface area contributed by atoms with Gasteiger partial charge in [-0.1, -0.05) is 0 Å². The average Bonchev–Trinajstić information content (AvgIpc) is 2.79. The molecule has 1 amide bonds. The van der Waals surface area contributed by atoms with Gasteiger partial charge in [0.25, 0.3) is 11.6 Å². The van der Waals surface area contributed by atoms with Crippen molar-refractivity contribution in [2.45, 2.75) is 25.7 Å². The highest BCUT2D eigenvalue weighted by Gasteiger charge is 2.25. The van der Waals surface area contributed by atoms with Crippen LogP contribution in [0.25, 0.3) is 0 Å². The van der Waals surface area contributed by atoms with Gasteiger partial charge in [0.2, 0.25) is 0 Å². The lowest BCUT2D eigenvalue weighted by atomic mass is 10.1. The Balaban J connectivity index is 2.05. The Morgan fingerprint density at radius 2 is 2.05 bits per heavy atom. The molecule has 0 spiro atoms. The number of hydrazone groups is 1. The molecule has 0 saturated carbocycles. The SMILES string of the molecule is O=C(O)CCCC1=NN(c2ccc([N+](=O)[O-])cc2)C(=O)C1. The number of anilines is 1. The van der Waals surface area contributed by atoms with E-state index in [1.165, 1.54) is 29.3 Å². The standard InChI is InChI=1S/C13H13N3O5/c17-12-8-9(2-1-3-13(18)19)14-15(12)10-4-6-11(7-5-10)16(20)21/h4-7H,1-3,8H2,(H,18,19). The number of nitro benzene ring substituents is 1. The summed E-state index contributed by atoms with van der Waals surface area (Å²) in [4.78, 5) is 32.4. The van der Waals surface area contributed by atoms with Crippen LogP contribution in [0.2, 0.25) is 0 Å². The fraction of sp³-hybridized carbons (Fsp3) is 0.308. The van der Waals surface area contributed by atoms with Gasteiger partial charge >= 0.3 is 5.97 Å². The van der Waals surface area contributed by atoms with Crippen molar-refractivity contribution in [3.05, 3.63) is 34.4 Å². The van der Waals surface area contributed by atoms with Crippen molar-refractivity contribution in [3.8, 4) is 0 Å². The van der Waals surface area contributed by atoms with Crippen molar-refractivity contribution in [1.29, 1.82) is 0 Å². The zero-order valence-corrected chi connectivity index (χ0v) is 11.1. The summed E-state index contributed by atoms with van der Waals surface area (Å²) in [5, 5.41) is 24.5. The second kappa shape index (κ2) is 6.12. The summed E-state index contributed by atoms with van der Waals surface area (Å²) < 4.78 is 0. The predicted octanol–water partition coefficient (Wildman–Crippen LogP) is 1.94. The number of aliphatic carboxylic acids is 1. The number of carbonyl (C=O) groups is 2. The number of non-ortho nitro benzene ring substituents is 1. The molecule has 0 bridgehead atoms. The number of benzene rings is 1. The van der Waals surface area contributed by atoms with Crippen LogP contribution in [0.5, 0.6) is 0 Å². The summed E-state index contributed by atoms with van der Waals surface area (Å²) in [6.45, 7) is 0. The second-order valence-corrected chi connectivity index (χ2v) is 4.57. The lowest BCUT2D eigenvalue weighted by molar-refractivity contribution is -0.384. The van der Waals surface area contributed by atoms with E-state index in [4.69, 9.17) is 5.11 Å². The molecule has 0 atom stereocenters. The van der Waals surface area contributed by atoms with Crippen LogP contribution in [-0.2, 0) is 9.59 Å². The smallest absolute Gasteiger partial charge is 0.303 e. The maximum Gasteiger partial charge on any atom is 0.303 e. The van der Waals surface area contributed by atoms with Crippen LogP contribution in [-0.4, -0.2) is 27.6 Å². The van der Waals surface area contributed by atoms with Crippen LogP contribution in [0.1, 0.15) is 25.7 Å². The Morgan fingerprint density at radius 3 is 2.62 bits per heavy atom. The Morgan fingerprint density at radius 1 is 1.38 bits per heavy atom. The van der Waals surface area contributed by atoms with Crippen molar-refractivity contribution < 1.29 is 19.6 Å². The van der Waals surface area contributed by atoms with Crippen molar-refractivity contribution in [1.82, 2.24) is 0 Å². The molecule has 1 N–H and O–H groups in total. The largest absolute Gasteiger partial charge is 0.481 e. The number of carbonyl (C=O) groups excluding carboxylic acids is 1. The van der Waals surface area contributed by atoms with Gasteiger partial charge in [-0.3, -0.25) is 19.7 Å². The monoisotopic (exact) mass is 291 g/mol. The third kappa shape index (κ3) is 3.62. The van der Waals surface area contributed by atoms with E-state index < -0.39 is 10.9 Å². The van der Waals surface area contributed by atoms with Gasteiger partial charge in [0.05, 0.1) is 17.0 Å². The second-order valence-electron chi connectivity index (χ2n) is 4.57. The first kappa shape index (κ1) is 14.6. The predicted molar refractivity (Wildman–Crippen MR) is 74.1 cm³/mol. The van der Waals surface area contributed by atoms with E-state index in [1.807, 2.05) is 0 Å². The number of amides is 1. The minimum atomic E-state index is -0.882. The highest BCUT2D eigenvalue weighted by atomic mass is 16.6. The number of hydrogen-bond donors (Lipinski definition) is 1.